The van der Waals surface area contributed by atoms with E-state index >= 15 is 0 Å². The summed E-state index contributed by atoms with van der Waals surface area (Å²) in [7, 11) is -1.62. The summed E-state index contributed by atoms with van der Waals surface area (Å²) >= 11 is 12.8. The number of methoxy groups -OCH3 is 2. The van der Waals surface area contributed by atoms with Gasteiger partial charge in [-0.25, -0.2) is 9.59 Å². The van der Waals surface area contributed by atoms with Crippen molar-refractivity contribution in [3.63, 3.8) is 0 Å². The van der Waals surface area contributed by atoms with Crippen LogP contribution in [0, 0.1) is 23.7 Å². The number of anilines is 2. The number of esters is 2. The number of aryl methyl sites for hydroxylation is 2. The first-order valence-corrected chi connectivity index (χ1v) is 37.9. The summed E-state index contributed by atoms with van der Waals surface area (Å²) in [4.78, 5) is 29.9. The number of hydrogen-bond acceptors (Lipinski definition) is 14. The van der Waals surface area contributed by atoms with Crippen molar-refractivity contribution in [1.82, 2.24) is 0 Å². The van der Waals surface area contributed by atoms with E-state index in [0.717, 1.165) is 123 Å². The van der Waals surface area contributed by atoms with Gasteiger partial charge in [-0.1, -0.05) is 76.9 Å². The molecule has 10 atom stereocenters. The SMILES string of the molecule is COC(=O)c1ccc2c(c1)N(C[C@@H]1CC[C@H]1[C@@H](O[Si](C)(C)C(C)(C)C)[C@@H](O)CO)C[C@@]1(CCCc3cc(Cl)ccc31)CO2.COC(=O)c1ccc2c(c1)N(C[C@@H]1CC[C@H]1[C@@H](O[Si](C)(C)C(C)(C)C)[C@H](O)CO)C[C@@]1(CCCc3cc(Cl)ccc31)CO2. The van der Waals surface area contributed by atoms with E-state index in [0.29, 0.717) is 24.3 Å². The Morgan fingerprint density at radius 3 is 1.31 bits per heavy atom. The van der Waals surface area contributed by atoms with E-state index in [4.69, 9.17) is 51.0 Å². The van der Waals surface area contributed by atoms with E-state index in [9.17, 15) is 30.0 Å². The Bertz CT molecular complexity index is 2860. The number of halogens is 2. The van der Waals surface area contributed by atoms with E-state index in [-0.39, 0.29) is 69.7 Å². The molecule has 472 valence electrons. The summed E-state index contributed by atoms with van der Waals surface area (Å²) in [6, 6.07) is 23.6. The average Bonchev–Trinajstić information content (AvgIpc) is 1.60. The van der Waals surface area contributed by atoms with E-state index in [2.05, 4.69) is 102 Å². The van der Waals surface area contributed by atoms with Crippen molar-refractivity contribution < 1.29 is 57.8 Å². The number of aliphatic hydroxyl groups is 4. The molecule has 2 fully saturated rings. The predicted octanol–water partition coefficient (Wildman–Crippen LogP) is 12.7. The lowest BCUT2D eigenvalue weighted by atomic mass is 9.68. The van der Waals surface area contributed by atoms with Crippen LogP contribution in [0.4, 0.5) is 11.4 Å². The number of benzene rings is 4. The number of nitrogens with zero attached hydrogens (tertiary/aromatic N) is 2. The molecule has 4 aromatic rings. The molecule has 2 heterocycles. The lowest BCUT2D eigenvalue weighted by Gasteiger charge is -2.50. The standard InChI is InChI=1S/2C34H48ClNO6Si/c2*1-33(2,3)43(5,6)42-31(29(38)19-37)26-12-9-24(26)18-36-20-34(15-7-8-22-16-25(35)11-13-27(22)34)21-41-30-14-10-23(17-28(30)36)32(39)40-4/h2*10-11,13-14,16-17,24,26,29,31,37-38H,7-9,12,15,18-21H2,1-6H3/t24-,26+,29+,31+,34-;24-,26+,29-,31+,34-/m00/s1. The minimum Gasteiger partial charge on any atom is -0.490 e. The molecule has 2 saturated carbocycles. The molecule has 0 aromatic heterocycles. The molecule has 0 saturated heterocycles. The van der Waals surface area contributed by atoms with Gasteiger partial charge in [0.25, 0.3) is 0 Å². The number of carbonyl (C=O) groups is 2. The van der Waals surface area contributed by atoms with Gasteiger partial charge in [0.2, 0.25) is 0 Å². The molecule has 6 aliphatic rings. The molecule has 4 N–H and O–H groups in total. The van der Waals surface area contributed by atoms with Gasteiger partial charge in [0, 0.05) is 47.1 Å². The third-order valence-corrected chi connectivity index (χ3v) is 30.6. The Hall–Kier alpha value is -4.21. The van der Waals surface area contributed by atoms with Gasteiger partial charge in [-0.05, 0) is 207 Å². The summed E-state index contributed by atoms with van der Waals surface area (Å²) in [6.45, 7) is 25.3. The summed E-state index contributed by atoms with van der Waals surface area (Å²) in [5.41, 5.74) is 7.41. The number of hydrogen-bond donors (Lipinski definition) is 4. The molecular formula is C68H96Cl2N2O12Si2. The molecule has 4 aromatic carbocycles. The number of carbonyl (C=O) groups excluding carboxylic acids is 2. The average molecular weight is 1260 g/mol. The van der Waals surface area contributed by atoms with Crippen LogP contribution in [0.5, 0.6) is 11.5 Å². The van der Waals surface area contributed by atoms with Crippen LogP contribution in [-0.2, 0) is 42.0 Å². The minimum atomic E-state index is -2.21. The highest BCUT2D eigenvalue weighted by Crippen LogP contribution is 2.51. The van der Waals surface area contributed by atoms with Gasteiger partial charge in [0.1, 0.15) is 23.7 Å². The fourth-order valence-corrected chi connectivity index (χ4v) is 17.1. The molecule has 2 spiro atoms. The second kappa shape index (κ2) is 26.3. The van der Waals surface area contributed by atoms with Crippen molar-refractivity contribution in [1.29, 1.82) is 0 Å². The van der Waals surface area contributed by atoms with Crippen LogP contribution in [0.25, 0.3) is 0 Å². The summed E-state index contributed by atoms with van der Waals surface area (Å²) in [6.07, 6.45) is 7.21. The van der Waals surface area contributed by atoms with Gasteiger partial charge in [0.15, 0.2) is 16.6 Å². The second-order valence-electron chi connectivity index (χ2n) is 28.7. The number of aliphatic hydroxyl groups excluding tert-OH is 4. The zero-order valence-corrected chi connectivity index (χ0v) is 56.5. The summed E-state index contributed by atoms with van der Waals surface area (Å²) in [5.74, 6) is 1.46. The molecule has 14 nitrogen and oxygen atoms in total. The van der Waals surface area contributed by atoms with Gasteiger partial charge in [0.05, 0.1) is 75.4 Å². The maximum absolute atomic E-state index is 12.6. The normalized spacial score (nSPS) is 25.1. The maximum Gasteiger partial charge on any atom is 0.337 e. The first kappa shape index (κ1) is 66.2. The highest BCUT2D eigenvalue weighted by atomic mass is 35.5. The fraction of sp³-hybridized carbons (Fsp3) is 0.618. The topological polar surface area (TPSA) is 177 Å². The largest absolute Gasteiger partial charge is 0.490 e. The lowest BCUT2D eigenvalue weighted by molar-refractivity contribution is -0.0731. The molecule has 10 rings (SSSR count). The maximum atomic E-state index is 12.6. The Morgan fingerprint density at radius 2 is 0.988 bits per heavy atom. The van der Waals surface area contributed by atoms with Crippen molar-refractivity contribution in [3.8, 4) is 11.5 Å². The summed E-state index contributed by atoms with van der Waals surface area (Å²) in [5, 5.41) is 43.6. The smallest absolute Gasteiger partial charge is 0.337 e. The second-order valence-corrected chi connectivity index (χ2v) is 39.1. The van der Waals surface area contributed by atoms with Crippen molar-refractivity contribution >= 4 is 63.2 Å². The third kappa shape index (κ3) is 13.8. The highest BCUT2D eigenvalue weighted by molar-refractivity contribution is 6.74. The van der Waals surface area contributed by atoms with Gasteiger partial charge in [-0.15, -0.1) is 0 Å². The van der Waals surface area contributed by atoms with Crippen LogP contribution in [0.15, 0.2) is 72.8 Å². The van der Waals surface area contributed by atoms with Crippen LogP contribution in [-0.4, -0.2) is 140 Å². The van der Waals surface area contributed by atoms with Crippen LogP contribution >= 0.6 is 23.2 Å². The third-order valence-electron chi connectivity index (χ3n) is 21.2. The molecule has 0 radical (unpaired) electrons. The number of ether oxygens (including phenoxy) is 4. The lowest BCUT2D eigenvalue weighted by Crippen LogP contribution is -2.55. The molecule has 0 unspecified atom stereocenters. The van der Waals surface area contributed by atoms with Crippen LogP contribution in [0.2, 0.25) is 46.3 Å². The van der Waals surface area contributed by atoms with Gasteiger partial charge in [-0.2, -0.15) is 0 Å². The molecular weight excluding hydrogens is 1160 g/mol. The fourth-order valence-electron chi connectivity index (χ4n) is 13.9. The molecule has 0 bridgehead atoms. The predicted molar refractivity (Wildman–Crippen MR) is 346 cm³/mol. The quantitative estimate of drug-likeness (QED) is 0.0615. The van der Waals surface area contributed by atoms with Gasteiger partial charge >= 0.3 is 11.9 Å². The van der Waals surface area contributed by atoms with Gasteiger partial charge < -0.3 is 58.0 Å². The van der Waals surface area contributed by atoms with Crippen molar-refractivity contribution in [3.05, 3.63) is 116 Å². The minimum absolute atomic E-state index is 0.0192. The van der Waals surface area contributed by atoms with Crippen molar-refractivity contribution in [2.24, 2.45) is 23.7 Å². The highest BCUT2D eigenvalue weighted by Gasteiger charge is 2.51. The van der Waals surface area contributed by atoms with E-state index in [1.54, 1.807) is 12.1 Å². The van der Waals surface area contributed by atoms with Crippen LogP contribution in [0.1, 0.15) is 136 Å². The molecule has 4 aliphatic carbocycles. The molecule has 18 heteroatoms. The van der Waals surface area contributed by atoms with E-state index in [1.807, 2.05) is 36.4 Å². The first-order valence-electron chi connectivity index (χ1n) is 31.3. The van der Waals surface area contributed by atoms with Crippen LogP contribution < -0.4 is 19.3 Å². The monoisotopic (exact) mass is 1260 g/mol. The first-order chi connectivity index (χ1) is 40.6. The molecule has 0 amide bonds. The summed E-state index contributed by atoms with van der Waals surface area (Å²) < 4.78 is 36.9. The van der Waals surface area contributed by atoms with E-state index < -0.39 is 41.1 Å². The Balaban J connectivity index is 0.000000205. The van der Waals surface area contributed by atoms with E-state index in [1.165, 1.54) is 36.5 Å². The van der Waals surface area contributed by atoms with Crippen LogP contribution in [0.3, 0.4) is 0 Å². The zero-order valence-electron chi connectivity index (χ0n) is 53.0. The Labute approximate surface area is 523 Å². The van der Waals surface area contributed by atoms with Crippen molar-refractivity contribution in [2.75, 3.05) is 76.6 Å². The van der Waals surface area contributed by atoms with Crippen molar-refractivity contribution in [2.45, 2.75) is 177 Å². The molecule has 2 aliphatic heterocycles. The number of fused-ring (bicyclic) bond motifs is 6. The van der Waals surface area contributed by atoms with Gasteiger partial charge in [-0.3, -0.25) is 0 Å². The Morgan fingerprint density at radius 1 is 0.605 bits per heavy atom. The molecule has 86 heavy (non-hydrogen) atoms. The number of rotatable bonds is 16. The zero-order chi connectivity index (χ0) is 62.3. The Kier molecular flexibility index (Phi) is 20.3.